The summed E-state index contributed by atoms with van der Waals surface area (Å²) in [5.41, 5.74) is 8.19. The molecule has 3 heteroatoms. The molecular formula is C19H31N2O+. The number of nitrogens with two attached hydrogens (primary N) is 2. The van der Waals surface area contributed by atoms with Gasteiger partial charge in [0.25, 0.3) is 5.91 Å². The molecule has 0 bridgehead atoms. The summed E-state index contributed by atoms with van der Waals surface area (Å²) in [4.78, 5) is 11.3. The zero-order valence-electron chi connectivity index (χ0n) is 14.2. The minimum absolute atomic E-state index is 0.189. The number of hydrogen-bond donors (Lipinski definition) is 2. The molecule has 0 aromatic heterocycles. The SMILES string of the molecule is CC(C)[C@H]([NH2+][C@H](C)C(N)=O)c1ccc(C2CCCCC2)cc1. The number of quaternary nitrogens is 1. The van der Waals surface area contributed by atoms with Crippen LogP contribution in [0.5, 0.6) is 0 Å². The van der Waals surface area contributed by atoms with Crippen LogP contribution in [0.2, 0.25) is 0 Å². The van der Waals surface area contributed by atoms with E-state index in [9.17, 15) is 4.79 Å². The van der Waals surface area contributed by atoms with Gasteiger partial charge < -0.3 is 11.1 Å². The van der Waals surface area contributed by atoms with E-state index in [0.29, 0.717) is 5.92 Å². The maximum Gasteiger partial charge on any atom is 0.275 e. The number of amides is 1. The first-order valence-electron chi connectivity index (χ1n) is 8.73. The zero-order valence-corrected chi connectivity index (χ0v) is 14.2. The van der Waals surface area contributed by atoms with Gasteiger partial charge in [-0.15, -0.1) is 0 Å². The lowest BCUT2D eigenvalue weighted by atomic mass is 9.83. The van der Waals surface area contributed by atoms with Crippen molar-refractivity contribution in [2.45, 2.75) is 70.9 Å². The maximum absolute atomic E-state index is 11.3. The molecule has 2 rings (SSSR count). The summed E-state index contributed by atoms with van der Waals surface area (Å²) in [5, 5.41) is 2.10. The molecule has 3 nitrogen and oxygen atoms in total. The first-order valence-corrected chi connectivity index (χ1v) is 8.73. The molecule has 122 valence electrons. The number of carbonyl (C=O) groups is 1. The molecule has 0 saturated heterocycles. The molecule has 0 spiro atoms. The van der Waals surface area contributed by atoms with Crippen LogP contribution in [0.15, 0.2) is 24.3 Å². The lowest BCUT2D eigenvalue weighted by molar-refractivity contribution is -0.719. The van der Waals surface area contributed by atoms with Gasteiger partial charge in [-0.05, 0) is 31.2 Å². The average molecular weight is 303 g/mol. The lowest BCUT2D eigenvalue weighted by Crippen LogP contribution is -2.93. The Balaban J connectivity index is 2.09. The number of rotatable bonds is 6. The summed E-state index contributed by atoms with van der Waals surface area (Å²) < 4.78 is 0. The van der Waals surface area contributed by atoms with E-state index in [1.165, 1.54) is 43.2 Å². The van der Waals surface area contributed by atoms with Crippen molar-refractivity contribution in [3.63, 3.8) is 0 Å². The van der Waals surface area contributed by atoms with Crippen molar-refractivity contribution in [3.05, 3.63) is 35.4 Å². The second kappa shape index (κ2) is 7.77. The second-order valence-electron chi connectivity index (χ2n) is 7.15. The normalized spacial score (nSPS) is 19.1. The van der Waals surface area contributed by atoms with Crippen LogP contribution < -0.4 is 11.1 Å². The highest BCUT2D eigenvalue weighted by Gasteiger charge is 2.25. The number of hydrogen-bond acceptors (Lipinski definition) is 1. The van der Waals surface area contributed by atoms with E-state index in [1.807, 2.05) is 6.92 Å². The van der Waals surface area contributed by atoms with Crippen LogP contribution in [-0.2, 0) is 4.79 Å². The molecule has 0 aliphatic heterocycles. The average Bonchev–Trinajstić information content (AvgIpc) is 2.53. The third kappa shape index (κ3) is 4.33. The minimum atomic E-state index is -0.246. The van der Waals surface area contributed by atoms with Gasteiger partial charge in [-0.1, -0.05) is 57.4 Å². The standard InChI is InChI=1S/C19H30N2O/c1-13(2)18(21-14(3)19(20)22)17-11-9-16(10-12-17)15-7-5-4-6-8-15/h9-15,18,21H,4-8H2,1-3H3,(H2,20,22)/p+1/t14-,18+/m1/s1. The monoisotopic (exact) mass is 303 g/mol. The smallest absolute Gasteiger partial charge is 0.275 e. The van der Waals surface area contributed by atoms with Crippen molar-refractivity contribution in [2.75, 3.05) is 0 Å². The molecule has 1 fully saturated rings. The Kier molecular flexibility index (Phi) is 6.01. The quantitative estimate of drug-likeness (QED) is 0.834. The Morgan fingerprint density at radius 2 is 1.68 bits per heavy atom. The Hall–Kier alpha value is -1.35. The van der Waals surface area contributed by atoms with Crippen molar-refractivity contribution in [1.29, 1.82) is 0 Å². The number of primary amides is 1. The van der Waals surface area contributed by atoms with Gasteiger partial charge in [0, 0.05) is 11.5 Å². The predicted molar refractivity (Wildman–Crippen MR) is 90.4 cm³/mol. The summed E-state index contributed by atoms with van der Waals surface area (Å²) in [5.74, 6) is 0.959. The van der Waals surface area contributed by atoms with Gasteiger partial charge in [-0.3, -0.25) is 4.79 Å². The van der Waals surface area contributed by atoms with Crippen molar-refractivity contribution in [2.24, 2.45) is 11.7 Å². The van der Waals surface area contributed by atoms with Crippen LogP contribution in [0.1, 0.15) is 76.0 Å². The summed E-state index contributed by atoms with van der Waals surface area (Å²) in [7, 11) is 0. The van der Waals surface area contributed by atoms with E-state index < -0.39 is 0 Å². The Labute approximate surface area is 134 Å². The minimum Gasteiger partial charge on any atom is -0.365 e. The molecule has 1 saturated carbocycles. The summed E-state index contributed by atoms with van der Waals surface area (Å²) in [6, 6.07) is 9.18. The van der Waals surface area contributed by atoms with Crippen LogP contribution in [0.25, 0.3) is 0 Å². The van der Waals surface area contributed by atoms with Crippen molar-refractivity contribution in [3.8, 4) is 0 Å². The highest BCUT2D eigenvalue weighted by Crippen LogP contribution is 2.33. The van der Waals surface area contributed by atoms with E-state index in [4.69, 9.17) is 5.73 Å². The second-order valence-corrected chi connectivity index (χ2v) is 7.15. The van der Waals surface area contributed by atoms with Gasteiger partial charge in [0.2, 0.25) is 0 Å². The van der Waals surface area contributed by atoms with Gasteiger partial charge in [-0.2, -0.15) is 0 Å². The molecule has 0 radical (unpaired) electrons. The molecule has 22 heavy (non-hydrogen) atoms. The first-order chi connectivity index (χ1) is 10.5. The van der Waals surface area contributed by atoms with Crippen molar-refractivity contribution < 1.29 is 10.1 Å². The fourth-order valence-electron chi connectivity index (χ4n) is 3.55. The predicted octanol–water partition coefficient (Wildman–Crippen LogP) is 2.87. The largest absolute Gasteiger partial charge is 0.365 e. The van der Waals surface area contributed by atoms with Gasteiger partial charge in [0.05, 0.1) is 0 Å². The van der Waals surface area contributed by atoms with Crippen LogP contribution >= 0.6 is 0 Å². The van der Waals surface area contributed by atoms with E-state index in [2.05, 4.69) is 43.4 Å². The Morgan fingerprint density at radius 1 is 1.09 bits per heavy atom. The topological polar surface area (TPSA) is 59.7 Å². The fraction of sp³-hybridized carbons (Fsp3) is 0.632. The third-order valence-electron chi connectivity index (χ3n) is 5.06. The van der Waals surface area contributed by atoms with Gasteiger partial charge in [-0.25, -0.2) is 0 Å². The molecule has 1 aliphatic carbocycles. The first kappa shape index (κ1) is 17.0. The van der Waals surface area contributed by atoms with Crippen LogP contribution in [0.3, 0.4) is 0 Å². The van der Waals surface area contributed by atoms with Gasteiger partial charge in [0.15, 0.2) is 6.04 Å². The summed E-state index contributed by atoms with van der Waals surface area (Å²) >= 11 is 0. The van der Waals surface area contributed by atoms with Crippen LogP contribution in [0.4, 0.5) is 0 Å². The highest BCUT2D eigenvalue weighted by molar-refractivity contribution is 5.77. The van der Waals surface area contributed by atoms with E-state index in [-0.39, 0.29) is 18.0 Å². The van der Waals surface area contributed by atoms with Gasteiger partial charge in [0.1, 0.15) is 6.04 Å². The molecule has 2 atom stereocenters. The molecule has 0 unspecified atom stereocenters. The Morgan fingerprint density at radius 3 is 2.18 bits per heavy atom. The fourth-order valence-corrected chi connectivity index (χ4v) is 3.55. The Bertz CT molecular complexity index is 475. The molecule has 1 amide bonds. The number of carbonyl (C=O) groups excluding carboxylic acids is 1. The summed E-state index contributed by atoms with van der Waals surface area (Å²) in [6.45, 7) is 6.28. The third-order valence-corrected chi connectivity index (χ3v) is 5.06. The van der Waals surface area contributed by atoms with E-state index in [0.717, 1.165) is 5.92 Å². The van der Waals surface area contributed by atoms with Gasteiger partial charge >= 0.3 is 0 Å². The highest BCUT2D eigenvalue weighted by atomic mass is 16.1. The summed E-state index contributed by atoms with van der Waals surface area (Å²) in [6.07, 6.45) is 6.79. The lowest BCUT2D eigenvalue weighted by Gasteiger charge is -2.24. The van der Waals surface area contributed by atoms with E-state index in [1.54, 1.807) is 0 Å². The molecular weight excluding hydrogens is 272 g/mol. The number of benzene rings is 1. The molecule has 0 heterocycles. The van der Waals surface area contributed by atoms with Crippen molar-refractivity contribution >= 4 is 5.91 Å². The van der Waals surface area contributed by atoms with Crippen molar-refractivity contribution in [1.82, 2.24) is 0 Å². The molecule has 1 aromatic carbocycles. The molecule has 4 N–H and O–H groups in total. The maximum atomic E-state index is 11.3. The zero-order chi connectivity index (χ0) is 16.1. The van der Waals surface area contributed by atoms with Crippen LogP contribution in [-0.4, -0.2) is 11.9 Å². The van der Waals surface area contributed by atoms with E-state index >= 15 is 0 Å². The molecule has 1 aliphatic rings. The molecule has 1 aromatic rings. The van der Waals surface area contributed by atoms with Crippen LogP contribution in [0, 0.1) is 5.92 Å².